The van der Waals surface area contributed by atoms with Gasteiger partial charge < -0.3 is 10.3 Å². The van der Waals surface area contributed by atoms with E-state index in [4.69, 9.17) is 0 Å². The number of halogens is 1. The second kappa shape index (κ2) is 8.09. The number of H-pyrrole nitrogens is 1. The molecule has 0 aliphatic carbocycles. The molecule has 29 heavy (non-hydrogen) atoms. The molecule has 2 aromatic heterocycles. The minimum absolute atomic E-state index is 0.209. The molecule has 4 nitrogen and oxygen atoms in total. The summed E-state index contributed by atoms with van der Waals surface area (Å²) in [5, 5.41) is 3.48. The molecule has 0 bridgehead atoms. The van der Waals surface area contributed by atoms with Gasteiger partial charge in [-0.3, -0.25) is 9.88 Å². The van der Waals surface area contributed by atoms with Crippen molar-refractivity contribution in [1.82, 2.24) is 20.2 Å². The van der Waals surface area contributed by atoms with Gasteiger partial charge in [-0.1, -0.05) is 0 Å². The molecule has 1 unspecified atom stereocenters. The Kier molecular flexibility index (Phi) is 5.17. The average Bonchev–Trinajstić information content (AvgIpc) is 3.46. The highest BCUT2D eigenvalue weighted by Crippen LogP contribution is 2.37. The van der Waals surface area contributed by atoms with Crippen LogP contribution in [-0.4, -0.2) is 47.1 Å². The molecule has 2 saturated heterocycles. The first-order valence-corrected chi connectivity index (χ1v) is 10.6. The smallest absolute Gasteiger partial charge is 0.123 e. The van der Waals surface area contributed by atoms with Crippen molar-refractivity contribution in [3.8, 4) is 22.4 Å². The molecule has 2 aliphatic heterocycles. The van der Waals surface area contributed by atoms with Crippen molar-refractivity contribution in [3.63, 3.8) is 0 Å². The zero-order valence-corrected chi connectivity index (χ0v) is 16.6. The van der Waals surface area contributed by atoms with Crippen LogP contribution < -0.4 is 5.32 Å². The van der Waals surface area contributed by atoms with Crippen molar-refractivity contribution in [1.29, 1.82) is 0 Å². The fourth-order valence-corrected chi connectivity index (χ4v) is 4.83. The van der Waals surface area contributed by atoms with Crippen molar-refractivity contribution >= 4 is 0 Å². The highest BCUT2D eigenvalue weighted by molar-refractivity contribution is 5.82. The van der Waals surface area contributed by atoms with Gasteiger partial charge in [-0.2, -0.15) is 0 Å². The van der Waals surface area contributed by atoms with Crippen LogP contribution in [0, 0.1) is 5.82 Å². The van der Waals surface area contributed by atoms with E-state index in [1.165, 1.54) is 37.1 Å². The molecular formula is C24H27FN4. The molecule has 1 atom stereocenters. The van der Waals surface area contributed by atoms with E-state index in [1.807, 2.05) is 36.7 Å². The van der Waals surface area contributed by atoms with Gasteiger partial charge in [0.2, 0.25) is 0 Å². The number of piperidine rings is 1. The second-order valence-electron chi connectivity index (χ2n) is 8.21. The number of benzene rings is 1. The first kappa shape index (κ1) is 18.5. The summed E-state index contributed by atoms with van der Waals surface area (Å²) in [5.41, 5.74) is 5.67. The van der Waals surface area contributed by atoms with E-state index in [2.05, 4.69) is 26.3 Å². The molecule has 2 fully saturated rings. The van der Waals surface area contributed by atoms with E-state index in [0.717, 1.165) is 48.6 Å². The Bertz CT molecular complexity index is 937. The molecule has 0 saturated carbocycles. The predicted octanol–water partition coefficient (Wildman–Crippen LogP) is 4.42. The maximum Gasteiger partial charge on any atom is 0.123 e. The molecule has 2 N–H and O–H groups in total. The molecule has 0 amide bonds. The number of aromatic nitrogens is 2. The first-order chi connectivity index (χ1) is 14.3. The van der Waals surface area contributed by atoms with Gasteiger partial charge in [0.15, 0.2) is 0 Å². The van der Waals surface area contributed by atoms with E-state index in [0.29, 0.717) is 12.0 Å². The number of pyridine rings is 1. The summed E-state index contributed by atoms with van der Waals surface area (Å²) in [4.78, 5) is 10.5. The Balaban J connectivity index is 1.43. The number of likely N-dealkylation sites (tertiary alicyclic amines) is 1. The van der Waals surface area contributed by atoms with Gasteiger partial charge >= 0.3 is 0 Å². The largest absolute Gasteiger partial charge is 0.358 e. The van der Waals surface area contributed by atoms with Crippen LogP contribution in [0.3, 0.4) is 0 Å². The standard InChI is InChI=1S/C24H27FN4/c25-20-3-1-19(2-4-20)24-22(17-5-10-26-11-6-17)15-23(28-24)18-8-13-29(14-9-18)21-7-12-27-16-21/h1-6,10-11,15,18,21,27-28H,7-9,12-14,16H2. The van der Waals surface area contributed by atoms with Crippen LogP contribution >= 0.6 is 0 Å². The molecule has 2 aliphatic rings. The fourth-order valence-electron chi connectivity index (χ4n) is 4.83. The van der Waals surface area contributed by atoms with Gasteiger partial charge in [-0.05, 0) is 92.5 Å². The lowest BCUT2D eigenvalue weighted by Crippen LogP contribution is -2.42. The highest BCUT2D eigenvalue weighted by atomic mass is 19.1. The Hall–Kier alpha value is -2.50. The van der Waals surface area contributed by atoms with Crippen LogP contribution in [-0.2, 0) is 0 Å². The third-order valence-corrected chi connectivity index (χ3v) is 6.48. The Morgan fingerprint density at radius 3 is 2.38 bits per heavy atom. The fraction of sp³-hybridized carbons (Fsp3) is 0.375. The monoisotopic (exact) mass is 390 g/mol. The Morgan fingerprint density at radius 2 is 1.69 bits per heavy atom. The molecule has 1 aromatic carbocycles. The third kappa shape index (κ3) is 3.85. The quantitative estimate of drug-likeness (QED) is 0.693. The minimum Gasteiger partial charge on any atom is -0.358 e. The highest BCUT2D eigenvalue weighted by Gasteiger charge is 2.28. The predicted molar refractivity (Wildman–Crippen MR) is 114 cm³/mol. The third-order valence-electron chi connectivity index (χ3n) is 6.48. The van der Waals surface area contributed by atoms with Gasteiger partial charge in [0.05, 0.1) is 5.69 Å². The first-order valence-electron chi connectivity index (χ1n) is 10.6. The van der Waals surface area contributed by atoms with E-state index in [9.17, 15) is 4.39 Å². The number of rotatable bonds is 4. The lowest BCUT2D eigenvalue weighted by molar-refractivity contribution is 0.160. The van der Waals surface area contributed by atoms with Crippen LogP contribution in [0.25, 0.3) is 22.4 Å². The zero-order chi connectivity index (χ0) is 19.6. The minimum atomic E-state index is -0.209. The van der Waals surface area contributed by atoms with Crippen molar-refractivity contribution in [2.24, 2.45) is 0 Å². The number of aromatic amines is 1. The van der Waals surface area contributed by atoms with Crippen LogP contribution in [0.1, 0.15) is 30.9 Å². The van der Waals surface area contributed by atoms with E-state index >= 15 is 0 Å². The summed E-state index contributed by atoms with van der Waals surface area (Å²) in [7, 11) is 0. The topological polar surface area (TPSA) is 44.0 Å². The van der Waals surface area contributed by atoms with Gasteiger partial charge in [0.1, 0.15) is 5.82 Å². The average molecular weight is 391 g/mol. The zero-order valence-electron chi connectivity index (χ0n) is 16.6. The van der Waals surface area contributed by atoms with E-state index in [-0.39, 0.29) is 5.82 Å². The van der Waals surface area contributed by atoms with Crippen LogP contribution in [0.2, 0.25) is 0 Å². The molecule has 3 aromatic rings. The Morgan fingerprint density at radius 1 is 0.931 bits per heavy atom. The van der Waals surface area contributed by atoms with Crippen LogP contribution in [0.4, 0.5) is 4.39 Å². The summed E-state index contributed by atoms with van der Waals surface area (Å²) in [6, 6.07) is 13.8. The SMILES string of the molecule is Fc1ccc(-c2[nH]c(C3CCN(C4CCNC4)CC3)cc2-c2ccncc2)cc1. The van der Waals surface area contributed by atoms with Crippen LogP contribution in [0.5, 0.6) is 0 Å². The summed E-state index contributed by atoms with van der Waals surface area (Å²) in [6.07, 6.45) is 7.27. The number of hydrogen-bond donors (Lipinski definition) is 2. The van der Waals surface area contributed by atoms with Crippen molar-refractivity contribution in [2.75, 3.05) is 26.2 Å². The summed E-state index contributed by atoms with van der Waals surface area (Å²) in [5.74, 6) is 0.329. The lowest BCUT2D eigenvalue weighted by Gasteiger charge is -2.35. The maximum absolute atomic E-state index is 13.5. The molecule has 5 heteroatoms. The van der Waals surface area contributed by atoms with Gasteiger partial charge in [0.25, 0.3) is 0 Å². The van der Waals surface area contributed by atoms with Gasteiger partial charge in [0, 0.05) is 42.2 Å². The maximum atomic E-state index is 13.5. The normalized spacial score (nSPS) is 20.9. The summed E-state index contributed by atoms with van der Waals surface area (Å²) in [6.45, 7) is 4.60. The summed E-state index contributed by atoms with van der Waals surface area (Å²) >= 11 is 0. The number of nitrogens with one attached hydrogen (secondary N) is 2. The van der Waals surface area contributed by atoms with Gasteiger partial charge in [-0.25, -0.2) is 4.39 Å². The van der Waals surface area contributed by atoms with E-state index < -0.39 is 0 Å². The van der Waals surface area contributed by atoms with Gasteiger partial charge in [-0.15, -0.1) is 0 Å². The van der Waals surface area contributed by atoms with Crippen molar-refractivity contribution in [3.05, 3.63) is 66.4 Å². The number of hydrogen-bond acceptors (Lipinski definition) is 3. The van der Waals surface area contributed by atoms with E-state index in [1.54, 1.807) is 0 Å². The lowest BCUT2D eigenvalue weighted by atomic mass is 9.92. The molecule has 150 valence electrons. The molecule has 5 rings (SSSR count). The number of nitrogens with zero attached hydrogens (tertiary/aromatic N) is 2. The molecule has 0 radical (unpaired) electrons. The molecule has 4 heterocycles. The second-order valence-corrected chi connectivity index (χ2v) is 8.21. The molecular weight excluding hydrogens is 363 g/mol. The summed E-state index contributed by atoms with van der Waals surface area (Å²) < 4.78 is 13.5. The Labute approximate surface area is 171 Å². The van der Waals surface area contributed by atoms with Crippen LogP contribution in [0.15, 0.2) is 54.9 Å². The molecule has 0 spiro atoms. The van der Waals surface area contributed by atoms with Crippen molar-refractivity contribution < 1.29 is 4.39 Å². The van der Waals surface area contributed by atoms with Crippen molar-refractivity contribution in [2.45, 2.75) is 31.2 Å².